The Morgan fingerprint density at radius 2 is 2.00 bits per heavy atom. The summed E-state index contributed by atoms with van der Waals surface area (Å²) in [4.78, 5) is 11.9. The minimum absolute atomic E-state index is 0.310. The topological polar surface area (TPSA) is 94.4 Å². The van der Waals surface area contributed by atoms with E-state index in [1.54, 1.807) is 6.26 Å². The van der Waals surface area contributed by atoms with Crippen molar-refractivity contribution in [1.29, 1.82) is 0 Å². The summed E-state index contributed by atoms with van der Waals surface area (Å²) >= 11 is 0. The fourth-order valence-corrected chi connectivity index (χ4v) is 3.90. The molecular weight excluding hydrogens is 390 g/mol. The van der Waals surface area contributed by atoms with E-state index in [-0.39, 0.29) is 0 Å². The lowest BCUT2D eigenvalue weighted by Gasteiger charge is -2.27. The molecule has 8 nitrogen and oxygen atoms in total. The van der Waals surface area contributed by atoms with Crippen LogP contribution in [0.2, 0.25) is 0 Å². The largest absolute Gasteiger partial charge is 0.461 e. The molecule has 31 heavy (non-hydrogen) atoms. The quantitative estimate of drug-likeness (QED) is 0.363. The number of nitrogens with one attached hydrogen (secondary N) is 3. The summed E-state index contributed by atoms with van der Waals surface area (Å²) in [5, 5.41) is 14.0. The smallest absolute Gasteiger partial charge is 0.216 e. The predicted octanol–water partition coefficient (Wildman–Crippen LogP) is 3.00. The Balaban J connectivity index is 1.35. The molecule has 164 valence electrons. The Bertz CT molecular complexity index is 930. The van der Waals surface area contributed by atoms with E-state index in [0.29, 0.717) is 30.6 Å². The highest BCUT2D eigenvalue weighted by Crippen LogP contribution is 2.25. The van der Waals surface area contributed by atoms with E-state index >= 15 is 0 Å². The van der Waals surface area contributed by atoms with Crippen LogP contribution in [-0.4, -0.2) is 58.8 Å². The summed E-state index contributed by atoms with van der Waals surface area (Å²) in [5.74, 6) is 2.89. The van der Waals surface area contributed by atoms with Gasteiger partial charge in [-0.3, -0.25) is 15.0 Å². The molecule has 1 atom stereocenters. The minimum atomic E-state index is 0.310. The summed E-state index contributed by atoms with van der Waals surface area (Å²) in [6.45, 7) is 6.61. The van der Waals surface area contributed by atoms with Crippen LogP contribution in [-0.2, 0) is 6.42 Å². The molecule has 1 aliphatic rings. The van der Waals surface area contributed by atoms with Crippen molar-refractivity contribution in [3.8, 4) is 11.6 Å². The van der Waals surface area contributed by atoms with Gasteiger partial charge in [-0.15, -0.1) is 0 Å². The molecule has 3 aromatic rings. The average Bonchev–Trinajstić information content (AvgIpc) is 3.57. The van der Waals surface area contributed by atoms with Crippen LogP contribution in [0.15, 0.2) is 58.1 Å². The van der Waals surface area contributed by atoms with E-state index in [2.05, 4.69) is 68.0 Å². The van der Waals surface area contributed by atoms with Crippen molar-refractivity contribution in [2.24, 2.45) is 4.99 Å². The molecule has 0 spiro atoms. The summed E-state index contributed by atoms with van der Waals surface area (Å²) in [7, 11) is 0. The third-order valence-corrected chi connectivity index (χ3v) is 5.46. The number of aromatic nitrogens is 3. The lowest BCUT2D eigenvalue weighted by Crippen LogP contribution is -2.39. The third kappa shape index (κ3) is 5.73. The van der Waals surface area contributed by atoms with Gasteiger partial charge in [0.25, 0.3) is 0 Å². The molecule has 0 radical (unpaired) electrons. The first-order valence-corrected chi connectivity index (χ1v) is 11.1. The molecule has 1 saturated heterocycles. The maximum absolute atomic E-state index is 5.35. The Morgan fingerprint density at radius 1 is 1.16 bits per heavy atom. The maximum atomic E-state index is 5.35. The van der Waals surface area contributed by atoms with Crippen LogP contribution in [0.25, 0.3) is 11.6 Å². The molecule has 1 aromatic carbocycles. The summed E-state index contributed by atoms with van der Waals surface area (Å²) in [5.41, 5.74) is 1.33. The van der Waals surface area contributed by atoms with E-state index < -0.39 is 0 Å². The number of aromatic amines is 1. The Hall–Kier alpha value is -3.13. The highest BCUT2D eigenvalue weighted by molar-refractivity contribution is 5.79. The van der Waals surface area contributed by atoms with Gasteiger partial charge in [0.1, 0.15) is 5.82 Å². The standard InChI is InChI=1S/C23H31N7O/c1-2-24-23(25-13-12-21-27-22(29-28-21)20-11-8-16-31-20)26-17-19(30-14-6-7-15-30)18-9-4-3-5-10-18/h3-5,8-11,16,19H,2,6-7,12-15,17H2,1H3,(H2,24,25,26)(H,27,28,29). The Labute approximate surface area is 183 Å². The Kier molecular flexibility index (Phi) is 7.33. The van der Waals surface area contributed by atoms with E-state index in [9.17, 15) is 0 Å². The normalized spacial score (nSPS) is 15.8. The van der Waals surface area contributed by atoms with Gasteiger partial charge in [-0.05, 0) is 50.6 Å². The number of aliphatic imine (C=N–C) groups is 1. The molecule has 1 fully saturated rings. The Morgan fingerprint density at radius 3 is 2.74 bits per heavy atom. The third-order valence-electron chi connectivity index (χ3n) is 5.46. The van der Waals surface area contributed by atoms with E-state index in [4.69, 9.17) is 9.41 Å². The summed E-state index contributed by atoms with van der Waals surface area (Å²) in [6.07, 6.45) is 4.87. The van der Waals surface area contributed by atoms with E-state index in [1.165, 1.54) is 18.4 Å². The molecule has 0 bridgehead atoms. The second-order valence-corrected chi connectivity index (χ2v) is 7.65. The van der Waals surface area contributed by atoms with Gasteiger partial charge in [0.15, 0.2) is 11.7 Å². The van der Waals surface area contributed by atoms with Crippen LogP contribution in [0.5, 0.6) is 0 Å². The van der Waals surface area contributed by atoms with Crippen LogP contribution < -0.4 is 10.6 Å². The first-order chi connectivity index (χ1) is 15.3. The second-order valence-electron chi connectivity index (χ2n) is 7.65. The molecule has 4 rings (SSSR count). The van der Waals surface area contributed by atoms with Gasteiger partial charge >= 0.3 is 0 Å². The molecule has 0 amide bonds. The number of furan rings is 1. The first kappa shape index (κ1) is 21.1. The van der Waals surface area contributed by atoms with Gasteiger partial charge < -0.3 is 15.1 Å². The molecular formula is C23H31N7O. The van der Waals surface area contributed by atoms with Crippen LogP contribution >= 0.6 is 0 Å². The molecule has 1 unspecified atom stereocenters. The van der Waals surface area contributed by atoms with Crippen molar-refractivity contribution < 1.29 is 4.42 Å². The van der Waals surface area contributed by atoms with Crippen molar-refractivity contribution in [2.45, 2.75) is 32.2 Å². The van der Waals surface area contributed by atoms with Gasteiger partial charge in [-0.25, -0.2) is 4.98 Å². The van der Waals surface area contributed by atoms with Gasteiger partial charge in [0.05, 0.1) is 18.8 Å². The monoisotopic (exact) mass is 421 g/mol. The van der Waals surface area contributed by atoms with Gasteiger partial charge in [-0.2, -0.15) is 5.10 Å². The lowest BCUT2D eigenvalue weighted by atomic mass is 10.1. The van der Waals surface area contributed by atoms with Crippen LogP contribution in [0.4, 0.5) is 0 Å². The number of guanidine groups is 1. The van der Waals surface area contributed by atoms with Crippen molar-refractivity contribution in [3.63, 3.8) is 0 Å². The van der Waals surface area contributed by atoms with Crippen molar-refractivity contribution in [1.82, 2.24) is 30.7 Å². The minimum Gasteiger partial charge on any atom is -0.461 e. The molecule has 0 saturated carbocycles. The molecule has 2 aromatic heterocycles. The first-order valence-electron chi connectivity index (χ1n) is 11.1. The fraction of sp³-hybridized carbons (Fsp3) is 0.435. The zero-order valence-corrected chi connectivity index (χ0v) is 18.1. The maximum Gasteiger partial charge on any atom is 0.216 e. The molecule has 3 N–H and O–H groups in total. The molecule has 0 aliphatic carbocycles. The van der Waals surface area contributed by atoms with Gasteiger partial charge in [-0.1, -0.05) is 30.3 Å². The number of hydrogen-bond donors (Lipinski definition) is 3. The number of likely N-dealkylation sites (tertiary alicyclic amines) is 1. The molecule has 3 heterocycles. The van der Waals surface area contributed by atoms with Crippen molar-refractivity contribution >= 4 is 5.96 Å². The number of hydrogen-bond acceptors (Lipinski definition) is 5. The molecule has 8 heteroatoms. The summed E-state index contributed by atoms with van der Waals surface area (Å²) < 4.78 is 5.35. The second kappa shape index (κ2) is 10.8. The van der Waals surface area contributed by atoms with E-state index in [1.807, 2.05) is 12.1 Å². The number of benzene rings is 1. The SMILES string of the molecule is CCNC(=NCC(c1ccccc1)N1CCCC1)NCCc1nc(-c2ccco2)n[nH]1. The van der Waals surface area contributed by atoms with Crippen LogP contribution in [0.1, 0.15) is 37.2 Å². The zero-order chi connectivity index (χ0) is 21.3. The highest BCUT2D eigenvalue weighted by Gasteiger charge is 2.23. The van der Waals surface area contributed by atoms with Crippen molar-refractivity contribution in [2.75, 3.05) is 32.7 Å². The fourth-order valence-electron chi connectivity index (χ4n) is 3.90. The number of nitrogens with zero attached hydrogens (tertiary/aromatic N) is 4. The highest BCUT2D eigenvalue weighted by atomic mass is 16.3. The predicted molar refractivity (Wildman–Crippen MR) is 122 cm³/mol. The zero-order valence-electron chi connectivity index (χ0n) is 18.1. The van der Waals surface area contributed by atoms with E-state index in [0.717, 1.165) is 38.0 Å². The van der Waals surface area contributed by atoms with Crippen LogP contribution in [0, 0.1) is 0 Å². The number of rotatable bonds is 9. The molecule has 1 aliphatic heterocycles. The average molecular weight is 422 g/mol. The van der Waals surface area contributed by atoms with Gasteiger partial charge in [0, 0.05) is 19.5 Å². The van der Waals surface area contributed by atoms with Crippen LogP contribution in [0.3, 0.4) is 0 Å². The lowest BCUT2D eigenvalue weighted by molar-refractivity contribution is 0.251. The number of H-pyrrole nitrogens is 1. The van der Waals surface area contributed by atoms with Gasteiger partial charge in [0.2, 0.25) is 5.82 Å². The van der Waals surface area contributed by atoms with Crippen molar-refractivity contribution in [3.05, 3.63) is 60.1 Å². The summed E-state index contributed by atoms with van der Waals surface area (Å²) in [6, 6.07) is 14.7.